The van der Waals surface area contributed by atoms with Crippen LogP contribution in [-0.2, 0) is 11.8 Å². The van der Waals surface area contributed by atoms with Crippen molar-refractivity contribution in [3.63, 3.8) is 0 Å². The monoisotopic (exact) mass is 315 g/mol. The molecule has 0 spiro atoms. The zero-order valence-corrected chi connectivity index (χ0v) is 13.6. The highest BCUT2D eigenvalue weighted by molar-refractivity contribution is 6.30. The number of fused-ring (bicyclic) bond motifs is 4. The van der Waals surface area contributed by atoms with Gasteiger partial charge in [-0.1, -0.05) is 17.7 Å². The number of hydrogen-bond donors (Lipinski definition) is 1. The number of aryl methyl sites for hydroxylation is 1. The van der Waals surface area contributed by atoms with Crippen LogP contribution in [0.4, 0.5) is 5.69 Å². The van der Waals surface area contributed by atoms with Gasteiger partial charge in [-0.3, -0.25) is 0 Å². The second kappa shape index (κ2) is 4.32. The van der Waals surface area contributed by atoms with Crippen LogP contribution in [0.15, 0.2) is 30.3 Å². The molecule has 2 aliphatic rings. The molecule has 2 aromatic rings. The van der Waals surface area contributed by atoms with Gasteiger partial charge in [-0.2, -0.15) is 0 Å². The number of halogens is 1. The number of ether oxygens (including phenoxy) is 1. The molecule has 2 atom stereocenters. The van der Waals surface area contributed by atoms with Gasteiger partial charge in [-0.15, -0.1) is 0 Å². The van der Waals surface area contributed by atoms with Crippen molar-refractivity contribution in [3.05, 3.63) is 52.0 Å². The summed E-state index contributed by atoms with van der Waals surface area (Å²) in [6, 6.07) is 9.60. The standard InChI is InChI=1S/C18H18ClNO2/c1-10-6-13(21)7-11-9-18(2)14-5-4-12(19)8-15(14)20(3)17(18)22-16(10)11/h4-8,17,21H,9H2,1-3H3. The molecule has 2 aliphatic heterocycles. The molecule has 4 rings (SSSR count). The Labute approximate surface area is 135 Å². The number of hydrogen-bond acceptors (Lipinski definition) is 3. The minimum absolute atomic E-state index is 0.0586. The van der Waals surface area contributed by atoms with Gasteiger partial charge in [0.05, 0.1) is 5.41 Å². The number of aromatic hydroxyl groups is 1. The largest absolute Gasteiger partial charge is 0.508 e. The van der Waals surface area contributed by atoms with E-state index in [2.05, 4.69) is 17.9 Å². The Morgan fingerprint density at radius 2 is 2.09 bits per heavy atom. The van der Waals surface area contributed by atoms with E-state index in [-0.39, 0.29) is 11.6 Å². The first-order valence-electron chi connectivity index (χ1n) is 7.42. The lowest BCUT2D eigenvalue weighted by Crippen LogP contribution is -2.49. The van der Waals surface area contributed by atoms with E-state index in [4.69, 9.17) is 16.3 Å². The van der Waals surface area contributed by atoms with Crippen LogP contribution in [0, 0.1) is 6.92 Å². The average molecular weight is 316 g/mol. The molecule has 114 valence electrons. The SMILES string of the molecule is Cc1cc(O)cc2c1OC1N(C)c3cc(Cl)ccc3C1(C)C2. The second-order valence-corrected chi connectivity index (χ2v) is 7.02. The van der Waals surface area contributed by atoms with Gasteiger partial charge in [0.15, 0.2) is 6.23 Å². The van der Waals surface area contributed by atoms with Gasteiger partial charge in [0.25, 0.3) is 0 Å². The van der Waals surface area contributed by atoms with Crippen LogP contribution < -0.4 is 9.64 Å². The Morgan fingerprint density at radius 3 is 2.86 bits per heavy atom. The van der Waals surface area contributed by atoms with Crippen molar-refractivity contribution in [1.82, 2.24) is 0 Å². The minimum atomic E-state index is -0.151. The fourth-order valence-corrected chi connectivity index (χ4v) is 4.16. The molecule has 4 heteroatoms. The first-order valence-corrected chi connectivity index (χ1v) is 7.80. The van der Waals surface area contributed by atoms with Crippen molar-refractivity contribution in [3.8, 4) is 11.5 Å². The third-order valence-electron chi connectivity index (χ3n) is 4.98. The van der Waals surface area contributed by atoms with Crippen LogP contribution in [0.25, 0.3) is 0 Å². The maximum atomic E-state index is 9.89. The van der Waals surface area contributed by atoms with Crippen LogP contribution in [0.2, 0.25) is 5.02 Å². The van der Waals surface area contributed by atoms with Gasteiger partial charge in [-0.25, -0.2) is 0 Å². The van der Waals surface area contributed by atoms with Crippen LogP contribution in [0.3, 0.4) is 0 Å². The summed E-state index contributed by atoms with van der Waals surface area (Å²) in [6.07, 6.45) is 0.776. The predicted molar refractivity (Wildman–Crippen MR) is 88.2 cm³/mol. The van der Waals surface area contributed by atoms with Crippen molar-refractivity contribution in [2.75, 3.05) is 11.9 Å². The summed E-state index contributed by atoms with van der Waals surface area (Å²) in [7, 11) is 2.05. The van der Waals surface area contributed by atoms with E-state index >= 15 is 0 Å². The number of likely N-dealkylation sites (N-methyl/N-ethyl adjacent to an activating group) is 1. The lowest BCUT2D eigenvalue weighted by Gasteiger charge is -2.40. The first kappa shape index (κ1) is 13.8. The predicted octanol–water partition coefficient (Wildman–Crippen LogP) is 4.02. The van der Waals surface area contributed by atoms with Crippen LogP contribution in [0.1, 0.15) is 23.6 Å². The Balaban J connectivity index is 1.90. The van der Waals surface area contributed by atoms with Gasteiger partial charge in [0.2, 0.25) is 0 Å². The van der Waals surface area contributed by atoms with E-state index in [0.717, 1.165) is 34.0 Å². The molecule has 22 heavy (non-hydrogen) atoms. The lowest BCUT2D eigenvalue weighted by atomic mass is 9.75. The fraction of sp³-hybridized carbons (Fsp3) is 0.333. The van der Waals surface area contributed by atoms with Gasteiger partial charge < -0.3 is 14.7 Å². The summed E-state index contributed by atoms with van der Waals surface area (Å²) in [5.41, 5.74) is 4.25. The maximum Gasteiger partial charge on any atom is 0.182 e. The summed E-state index contributed by atoms with van der Waals surface area (Å²) in [6.45, 7) is 4.19. The minimum Gasteiger partial charge on any atom is -0.508 e. The zero-order chi connectivity index (χ0) is 15.6. The number of rotatable bonds is 0. The molecule has 2 unspecified atom stereocenters. The van der Waals surface area contributed by atoms with Crippen molar-refractivity contribution >= 4 is 17.3 Å². The molecule has 0 aliphatic carbocycles. The molecule has 2 heterocycles. The summed E-state index contributed by atoms with van der Waals surface area (Å²) in [5, 5.41) is 10.6. The number of phenolic OH excluding ortho intramolecular Hbond substituents is 1. The molecule has 0 saturated heterocycles. The second-order valence-electron chi connectivity index (χ2n) is 6.59. The fourth-order valence-electron chi connectivity index (χ4n) is 3.99. The molecular formula is C18H18ClNO2. The van der Waals surface area contributed by atoms with E-state index in [1.807, 2.05) is 32.2 Å². The van der Waals surface area contributed by atoms with E-state index in [1.165, 1.54) is 5.56 Å². The highest BCUT2D eigenvalue weighted by atomic mass is 35.5. The van der Waals surface area contributed by atoms with Crippen LogP contribution >= 0.6 is 11.6 Å². The number of benzene rings is 2. The van der Waals surface area contributed by atoms with Gasteiger partial charge in [0, 0.05) is 17.8 Å². The Hall–Kier alpha value is -1.87. The Kier molecular flexibility index (Phi) is 2.71. The van der Waals surface area contributed by atoms with E-state index in [9.17, 15) is 5.11 Å². The highest BCUT2D eigenvalue weighted by Gasteiger charge is 2.51. The number of phenols is 1. The summed E-state index contributed by atoms with van der Waals surface area (Å²) >= 11 is 6.17. The molecule has 0 amide bonds. The average Bonchev–Trinajstić information content (AvgIpc) is 2.65. The third kappa shape index (κ3) is 1.69. The van der Waals surface area contributed by atoms with Crippen molar-refractivity contribution in [2.45, 2.75) is 31.9 Å². The first-order chi connectivity index (χ1) is 10.4. The van der Waals surface area contributed by atoms with E-state index < -0.39 is 0 Å². The van der Waals surface area contributed by atoms with Crippen molar-refractivity contribution in [1.29, 1.82) is 0 Å². The normalized spacial score (nSPS) is 25.3. The molecular weight excluding hydrogens is 298 g/mol. The molecule has 1 N–H and O–H groups in total. The Morgan fingerprint density at radius 1 is 1.32 bits per heavy atom. The van der Waals surface area contributed by atoms with Gasteiger partial charge in [-0.05, 0) is 61.2 Å². The van der Waals surface area contributed by atoms with Crippen molar-refractivity contribution in [2.24, 2.45) is 0 Å². The third-order valence-corrected chi connectivity index (χ3v) is 5.21. The zero-order valence-electron chi connectivity index (χ0n) is 12.9. The lowest BCUT2D eigenvalue weighted by molar-refractivity contribution is 0.107. The Bertz CT molecular complexity index is 789. The molecule has 2 aromatic carbocycles. The van der Waals surface area contributed by atoms with Gasteiger partial charge in [0.1, 0.15) is 11.5 Å². The van der Waals surface area contributed by atoms with E-state index in [1.54, 1.807) is 6.07 Å². The van der Waals surface area contributed by atoms with Crippen LogP contribution in [0.5, 0.6) is 11.5 Å². The topological polar surface area (TPSA) is 32.7 Å². The molecule has 3 nitrogen and oxygen atoms in total. The van der Waals surface area contributed by atoms with Gasteiger partial charge >= 0.3 is 0 Å². The maximum absolute atomic E-state index is 9.89. The number of anilines is 1. The molecule has 0 bridgehead atoms. The van der Waals surface area contributed by atoms with Crippen LogP contribution in [-0.4, -0.2) is 18.4 Å². The summed E-state index contributed by atoms with van der Waals surface area (Å²) in [5.74, 6) is 1.19. The van der Waals surface area contributed by atoms with E-state index in [0.29, 0.717) is 5.75 Å². The summed E-state index contributed by atoms with van der Waals surface area (Å²) < 4.78 is 6.35. The highest BCUT2D eigenvalue weighted by Crippen LogP contribution is 2.52. The smallest absolute Gasteiger partial charge is 0.182 e. The molecule has 0 fully saturated rings. The van der Waals surface area contributed by atoms with Crippen molar-refractivity contribution < 1.29 is 9.84 Å². The number of nitrogens with zero attached hydrogens (tertiary/aromatic N) is 1. The molecule has 0 radical (unpaired) electrons. The molecule has 0 saturated carbocycles. The molecule has 0 aromatic heterocycles. The quantitative estimate of drug-likeness (QED) is 0.797. The summed E-state index contributed by atoms with van der Waals surface area (Å²) in [4.78, 5) is 2.16.